The summed E-state index contributed by atoms with van der Waals surface area (Å²) in [7, 11) is 0. The van der Waals surface area contributed by atoms with Crippen LogP contribution in [0.2, 0.25) is 0 Å². The lowest BCUT2D eigenvalue weighted by molar-refractivity contribution is 0.882. The molecule has 1 N–H and O–H groups in total. The van der Waals surface area contributed by atoms with E-state index in [1.165, 1.54) is 21.4 Å². The third-order valence-corrected chi connectivity index (χ3v) is 5.57. The van der Waals surface area contributed by atoms with Crippen molar-refractivity contribution in [3.05, 3.63) is 79.0 Å². The summed E-state index contributed by atoms with van der Waals surface area (Å²) in [6.07, 6.45) is 4.31. The number of nitrogens with one attached hydrogen (secondary N) is 1. The van der Waals surface area contributed by atoms with E-state index in [2.05, 4.69) is 77.9 Å². The predicted octanol–water partition coefficient (Wildman–Crippen LogP) is 5.72. The molecular formula is C21H20N2S. The lowest BCUT2D eigenvalue weighted by Gasteiger charge is -2.23. The van der Waals surface area contributed by atoms with Gasteiger partial charge >= 0.3 is 0 Å². The number of fused-ring (bicyclic) bond motifs is 3. The van der Waals surface area contributed by atoms with Gasteiger partial charge in [0.25, 0.3) is 0 Å². The van der Waals surface area contributed by atoms with Crippen molar-refractivity contribution in [3.8, 4) is 0 Å². The highest BCUT2D eigenvalue weighted by atomic mass is 32.2. The molecule has 3 aromatic rings. The molecule has 1 aliphatic heterocycles. The minimum atomic E-state index is 0.326. The molecule has 1 atom stereocenters. The Hall–Kier alpha value is -2.39. The second kappa shape index (κ2) is 6.62. The van der Waals surface area contributed by atoms with Gasteiger partial charge in [-0.15, -0.1) is 0 Å². The standard InChI is InChI=1S/C21H20N2S/c1-2-23-20(14-15-22-17-9-4-3-5-10-17)24-19-13-12-16-8-6-7-11-18(16)21(19)23/h3-15,20,22H,2H2,1H3. The zero-order valence-corrected chi connectivity index (χ0v) is 14.5. The molecule has 120 valence electrons. The van der Waals surface area contributed by atoms with Gasteiger partial charge in [-0.25, -0.2) is 0 Å². The van der Waals surface area contributed by atoms with Gasteiger partial charge in [0, 0.05) is 22.5 Å². The lowest BCUT2D eigenvalue weighted by atomic mass is 10.1. The van der Waals surface area contributed by atoms with Crippen molar-refractivity contribution in [1.29, 1.82) is 0 Å². The molecule has 0 bridgehead atoms. The first-order valence-electron chi connectivity index (χ1n) is 8.30. The van der Waals surface area contributed by atoms with Gasteiger partial charge in [-0.05, 0) is 42.8 Å². The Bertz CT molecular complexity index is 873. The SMILES string of the molecule is CCN1c2c(ccc3ccccc23)SC1C=CNc1ccccc1. The van der Waals surface area contributed by atoms with E-state index in [0.717, 1.165) is 12.2 Å². The number of hydrogen-bond donors (Lipinski definition) is 1. The van der Waals surface area contributed by atoms with Crippen molar-refractivity contribution in [2.75, 3.05) is 16.8 Å². The number of benzene rings is 3. The summed E-state index contributed by atoms with van der Waals surface area (Å²) >= 11 is 1.92. The van der Waals surface area contributed by atoms with E-state index >= 15 is 0 Å². The summed E-state index contributed by atoms with van der Waals surface area (Å²) in [6, 6.07) is 23.4. The molecule has 0 aromatic heterocycles. The van der Waals surface area contributed by atoms with Crippen molar-refractivity contribution < 1.29 is 0 Å². The second-order valence-electron chi connectivity index (χ2n) is 5.80. The number of hydrogen-bond acceptors (Lipinski definition) is 3. The molecule has 0 aliphatic carbocycles. The van der Waals surface area contributed by atoms with Gasteiger partial charge in [-0.3, -0.25) is 0 Å². The van der Waals surface area contributed by atoms with Crippen LogP contribution in [0.1, 0.15) is 6.92 Å². The van der Waals surface area contributed by atoms with Crippen molar-refractivity contribution in [3.63, 3.8) is 0 Å². The summed E-state index contributed by atoms with van der Waals surface area (Å²) in [5, 5.41) is 6.34. The van der Waals surface area contributed by atoms with Crippen molar-refractivity contribution in [2.24, 2.45) is 0 Å². The number of thioether (sulfide) groups is 1. The zero-order chi connectivity index (χ0) is 16.4. The Labute approximate surface area is 147 Å². The third-order valence-electron chi connectivity index (χ3n) is 4.33. The first kappa shape index (κ1) is 15.2. The van der Waals surface area contributed by atoms with Crippen molar-refractivity contribution >= 4 is 33.9 Å². The highest BCUT2D eigenvalue weighted by Crippen LogP contribution is 2.47. The number of nitrogens with zero attached hydrogens (tertiary/aromatic N) is 1. The molecule has 24 heavy (non-hydrogen) atoms. The molecule has 1 aliphatic rings. The van der Waals surface area contributed by atoms with Crippen LogP contribution in [0, 0.1) is 0 Å². The number of anilines is 2. The van der Waals surface area contributed by atoms with Crippen molar-refractivity contribution in [1.82, 2.24) is 0 Å². The first-order chi connectivity index (χ1) is 11.9. The maximum atomic E-state index is 3.36. The molecule has 0 radical (unpaired) electrons. The Morgan fingerprint density at radius 3 is 2.62 bits per heavy atom. The van der Waals surface area contributed by atoms with Crippen LogP contribution in [0.5, 0.6) is 0 Å². The molecule has 2 nitrogen and oxygen atoms in total. The minimum Gasteiger partial charge on any atom is -0.362 e. The Morgan fingerprint density at radius 1 is 1.00 bits per heavy atom. The molecule has 3 heteroatoms. The van der Waals surface area contributed by atoms with Crippen LogP contribution in [0.25, 0.3) is 10.8 Å². The first-order valence-corrected chi connectivity index (χ1v) is 9.18. The summed E-state index contributed by atoms with van der Waals surface area (Å²) < 4.78 is 0. The molecule has 1 heterocycles. The van der Waals surface area contributed by atoms with E-state index in [-0.39, 0.29) is 0 Å². The third kappa shape index (κ3) is 2.76. The molecule has 3 aromatic carbocycles. The van der Waals surface area contributed by atoms with E-state index in [4.69, 9.17) is 0 Å². The predicted molar refractivity (Wildman–Crippen MR) is 106 cm³/mol. The van der Waals surface area contributed by atoms with E-state index in [1.807, 2.05) is 30.0 Å². The second-order valence-corrected chi connectivity index (χ2v) is 6.96. The zero-order valence-electron chi connectivity index (χ0n) is 13.6. The topological polar surface area (TPSA) is 15.3 Å². The Kier molecular flexibility index (Phi) is 4.18. The molecule has 1 unspecified atom stereocenters. The average Bonchev–Trinajstić information content (AvgIpc) is 3.00. The molecular weight excluding hydrogens is 312 g/mol. The van der Waals surface area contributed by atoms with Crippen LogP contribution in [-0.2, 0) is 0 Å². The maximum absolute atomic E-state index is 3.36. The van der Waals surface area contributed by atoms with Crippen LogP contribution >= 0.6 is 11.8 Å². The van der Waals surface area contributed by atoms with E-state index < -0.39 is 0 Å². The van der Waals surface area contributed by atoms with Gasteiger partial charge < -0.3 is 10.2 Å². The fraction of sp³-hybridized carbons (Fsp3) is 0.143. The number of rotatable bonds is 4. The largest absolute Gasteiger partial charge is 0.362 e. The summed E-state index contributed by atoms with van der Waals surface area (Å²) in [6.45, 7) is 3.22. The van der Waals surface area contributed by atoms with E-state index in [0.29, 0.717) is 5.37 Å². The molecule has 0 fully saturated rings. The fourth-order valence-corrected chi connectivity index (χ4v) is 4.47. The smallest absolute Gasteiger partial charge is 0.0999 e. The Balaban J connectivity index is 1.61. The van der Waals surface area contributed by atoms with Crippen LogP contribution in [0.4, 0.5) is 11.4 Å². The van der Waals surface area contributed by atoms with Gasteiger partial charge in [-0.1, -0.05) is 60.3 Å². The molecule has 0 saturated heterocycles. The average molecular weight is 332 g/mol. The van der Waals surface area contributed by atoms with Gasteiger partial charge in [-0.2, -0.15) is 0 Å². The number of para-hydroxylation sites is 1. The lowest BCUT2D eigenvalue weighted by Crippen LogP contribution is -2.27. The highest BCUT2D eigenvalue weighted by Gasteiger charge is 2.28. The monoisotopic (exact) mass is 332 g/mol. The van der Waals surface area contributed by atoms with Crippen LogP contribution in [0.15, 0.2) is 83.9 Å². The normalized spacial score (nSPS) is 16.7. The Morgan fingerprint density at radius 2 is 1.79 bits per heavy atom. The van der Waals surface area contributed by atoms with Crippen LogP contribution in [0.3, 0.4) is 0 Å². The quantitative estimate of drug-likeness (QED) is 0.657. The highest BCUT2D eigenvalue weighted by molar-refractivity contribution is 8.00. The van der Waals surface area contributed by atoms with Crippen molar-refractivity contribution in [2.45, 2.75) is 17.2 Å². The molecule has 0 spiro atoms. The van der Waals surface area contributed by atoms with Gasteiger partial charge in [0.15, 0.2) is 0 Å². The molecule has 4 rings (SSSR count). The van der Waals surface area contributed by atoms with Gasteiger partial charge in [0.2, 0.25) is 0 Å². The van der Waals surface area contributed by atoms with Gasteiger partial charge in [0.1, 0.15) is 0 Å². The minimum absolute atomic E-state index is 0.326. The summed E-state index contributed by atoms with van der Waals surface area (Å²) in [4.78, 5) is 3.84. The summed E-state index contributed by atoms with van der Waals surface area (Å²) in [5.74, 6) is 0. The van der Waals surface area contributed by atoms with Crippen LogP contribution in [-0.4, -0.2) is 11.9 Å². The molecule has 0 amide bonds. The summed E-state index contributed by atoms with van der Waals surface area (Å²) in [5.41, 5.74) is 2.48. The maximum Gasteiger partial charge on any atom is 0.0999 e. The van der Waals surface area contributed by atoms with Crippen LogP contribution < -0.4 is 10.2 Å². The van der Waals surface area contributed by atoms with Gasteiger partial charge in [0.05, 0.1) is 11.1 Å². The van der Waals surface area contributed by atoms with E-state index in [1.54, 1.807) is 0 Å². The fourth-order valence-electron chi connectivity index (χ4n) is 3.19. The number of likely N-dealkylation sites (N-methyl/N-ethyl adjacent to an activating group) is 1. The molecule has 0 saturated carbocycles. The van der Waals surface area contributed by atoms with E-state index in [9.17, 15) is 0 Å².